The molecule has 1 aromatic carbocycles. The molecule has 1 aliphatic rings. The Balaban J connectivity index is 1.48. The summed E-state index contributed by atoms with van der Waals surface area (Å²) in [6, 6.07) is 3.25. The molecule has 0 bridgehead atoms. The largest absolute Gasteiger partial charge is 0.493 e. The molecule has 2 heterocycles. The van der Waals surface area contributed by atoms with Crippen LogP contribution in [0.25, 0.3) is 10.9 Å². The normalized spacial score (nSPS) is 13.7. The molecule has 0 saturated carbocycles. The monoisotopic (exact) mass is 430 g/mol. The molecule has 10 heteroatoms. The van der Waals surface area contributed by atoms with Crippen LogP contribution in [0.5, 0.6) is 11.5 Å². The van der Waals surface area contributed by atoms with Gasteiger partial charge < -0.3 is 14.8 Å². The molecule has 31 heavy (non-hydrogen) atoms. The third-order valence-corrected chi connectivity index (χ3v) is 5.17. The van der Waals surface area contributed by atoms with Gasteiger partial charge in [0.2, 0.25) is 17.7 Å². The van der Waals surface area contributed by atoms with Gasteiger partial charge in [-0.3, -0.25) is 28.6 Å². The fraction of sp³-hybridized carbons (Fsp3) is 0.476. The minimum atomic E-state index is -0.216. The van der Waals surface area contributed by atoms with Crippen molar-refractivity contribution in [3.05, 3.63) is 28.8 Å². The highest BCUT2D eigenvalue weighted by atomic mass is 16.5. The summed E-state index contributed by atoms with van der Waals surface area (Å²) in [5.41, 5.74) is 0.290. The van der Waals surface area contributed by atoms with Crippen molar-refractivity contribution >= 4 is 28.6 Å². The third kappa shape index (κ3) is 5.19. The van der Waals surface area contributed by atoms with Gasteiger partial charge in [-0.05, 0) is 18.9 Å². The highest BCUT2D eigenvalue weighted by molar-refractivity contribution is 6.01. The Labute approximate surface area is 179 Å². The first-order valence-corrected chi connectivity index (χ1v) is 10.2. The fourth-order valence-electron chi connectivity index (χ4n) is 3.48. The van der Waals surface area contributed by atoms with Gasteiger partial charge in [-0.2, -0.15) is 0 Å². The Morgan fingerprint density at radius 2 is 1.71 bits per heavy atom. The van der Waals surface area contributed by atoms with Gasteiger partial charge in [-0.15, -0.1) is 0 Å². The summed E-state index contributed by atoms with van der Waals surface area (Å²) in [5.74, 6) is 0.495. The Kier molecular flexibility index (Phi) is 7.22. The van der Waals surface area contributed by atoms with E-state index in [-0.39, 0.29) is 42.5 Å². The molecule has 1 saturated heterocycles. The number of likely N-dealkylation sites (tertiary alicyclic amines) is 1. The molecule has 0 spiro atoms. The number of carbonyl (C=O) groups excluding carboxylic acids is 3. The second-order valence-electron chi connectivity index (χ2n) is 7.21. The predicted octanol–water partition coefficient (Wildman–Crippen LogP) is 0.849. The van der Waals surface area contributed by atoms with Crippen LogP contribution < -0.4 is 20.3 Å². The summed E-state index contributed by atoms with van der Waals surface area (Å²) in [7, 11) is 3.01. The average Bonchev–Trinajstić information content (AvgIpc) is 3.09. The Morgan fingerprint density at radius 1 is 1.03 bits per heavy atom. The van der Waals surface area contributed by atoms with Gasteiger partial charge in [0.1, 0.15) is 0 Å². The van der Waals surface area contributed by atoms with Crippen LogP contribution in [-0.4, -0.2) is 59.5 Å². The zero-order valence-corrected chi connectivity index (χ0v) is 17.7. The number of carbonyl (C=O) groups is 3. The lowest BCUT2D eigenvalue weighted by Crippen LogP contribution is -2.33. The molecule has 0 aliphatic carbocycles. The van der Waals surface area contributed by atoms with Gasteiger partial charge in [0.25, 0.3) is 5.56 Å². The molecule has 1 aromatic heterocycles. The number of nitrogens with zero attached hydrogens (tertiary/aromatic N) is 3. The number of rotatable bonds is 10. The standard InChI is InChI=1S/C21H26N4O6/c1-30-16-11-14-15(12-17(16)31-2)23-13-24(21(14)29)9-3-5-18(26)22-8-4-10-25-19(27)6-7-20(25)28/h11-13H,3-10H2,1-2H3,(H,22,26). The maximum atomic E-state index is 12.7. The highest BCUT2D eigenvalue weighted by Gasteiger charge is 2.27. The predicted molar refractivity (Wildman–Crippen MR) is 112 cm³/mol. The zero-order valence-electron chi connectivity index (χ0n) is 17.7. The summed E-state index contributed by atoms with van der Waals surface area (Å²) in [6.45, 7) is 1.06. The van der Waals surface area contributed by atoms with E-state index in [1.54, 1.807) is 12.1 Å². The van der Waals surface area contributed by atoms with Crippen LogP contribution >= 0.6 is 0 Å². The van der Waals surface area contributed by atoms with E-state index in [1.807, 2.05) is 0 Å². The lowest BCUT2D eigenvalue weighted by atomic mass is 10.2. The lowest BCUT2D eigenvalue weighted by Gasteiger charge is -2.13. The second kappa shape index (κ2) is 10.1. The molecule has 1 fully saturated rings. The van der Waals surface area contributed by atoms with E-state index in [2.05, 4.69) is 10.3 Å². The van der Waals surface area contributed by atoms with E-state index in [1.165, 1.54) is 30.0 Å². The number of benzene rings is 1. The molecular weight excluding hydrogens is 404 g/mol. The van der Waals surface area contributed by atoms with Crippen LogP contribution in [0.4, 0.5) is 0 Å². The van der Waals surface area contributed by atoms with E-state index in [0.29, 0.717) is 54.9 Å². The maximum absolute atomic E-state index is 12.7. The molecular formula is C21H26N4O6. The third-order valence-electron chi connectivity index (χ3n) is 5.17. The van der Waals surface area contributed by atoms with E-state index in [9.17, 15) is 19.2 Å². The lowest BCUT2D eigenvalue weighted by molar-refractivity contribution is -0.138. The van der Waals surface area contributed by atoms with Gasteiger partial charge in [-0.25, -0.2) is 4.98 Å². The Morgan fingerprint density at radius 3 is 2.39 bits per heavy atom. The highest BCUT2D eigenvalue weighted by Crippen LogP contribution is 2.29. The number of methoxy groups -OCH3 is 2. The van der Waals surface area contributed by atoms with Gasteiger partial charge in [0, 0.05) is 45.0 Å². The van der Waals surface area contributed by atoms with Gasteiger partial charge in [0.05, 0.1) is 31.4 Å². The number of ether oxygens (including phenoxy) is 2. The Hall–Kier alpha value is -3.43. The van der Waals surface area contributed by atoms with Crippen LogP contribution in [-0.2, 0) is 20.9 Å². The number of fused-ring (bicyclic) bond motifs is 1. The molecule has 3 rings (SSSR count). The number of aryl methyl sites for hydroxylation is 1. The fourth-order valence-corrected chi connectivity index (χ4v) is 3.48. The number of amides is 3. The van der Waals surface area contributed by atoms with Crippen molar-refractivity contribution in [3.8, 4) is 11.5 Å². The van der Waals surface area contributed by atoms with Crippen molar-refractivity contribution in [3.63, 3.8) is 0 Å². The van der Waals surface area contributed by atoms with E-state index < -0.39 is 0 Å². The summed E-state index contributed by atoms with van der Waals surface area (Å²) < 4.78 is 11.9. The van der Waals surface area contributed by atoms with Crippen molar-refractivity contribution in [2.24, 2.45) is 0 Å². The molecule has 0 radical (unpaired) electrons. The molecule has 1 aliphatic heterocycles. The number of imide groups is 1. The van der Waals surface area contributed by atoms with Crippen molar-refractivity contribution in [2.45, 2.75) is 38.6 Å². The quantitative estimate of drug-likeness (QED) is 0.438. The number of nitrogens with one attached hydrogen (secondary N) is 1. The van der Waals surface area contributed by atoms with Crippen molar-refractivity contribution in [2.75, 3.05) is 27.3 Å². The van der Waals surface area contributed by atoms with E-state index in [4.69, 9.17) is 9.47 Å². The number of hydrogen-bond acceptors (Lipinski definition) is 7. The average molecular weight is 430 g/mol. The van der Waals surface area contributed by atoms with Crippen LogP contribution in [0, 0.1) is 0 Å². The van der Waals surface area contributed by atoms with Gasteiger partial charge in [0.15, 0.2) is 11.5 Å². The van der Waals surface area contributed by atoms with E-state index >= 15 is 0 Å². The zero-order chi connectivity index (χ0) is 22.4. The molecule has 1 N–H and O–H groups in total. The van der Waals surface area contributed by atoms with Crippen LogP contribution in [0.3, 0.4) is 0 Å². The maximum Gasteiger partial charge on any atom is 0.261 e. The second-order valence-corrected chi connectivity index (χ2v) is 7.21. The summed E-state index contributed by atoms with van der Waals surface area (Å²) >= 11 is 0. The van der Waals surface area contributed by atoms with Crippen LogP contribution in [0.1, 0.15) is 32.1 Å². The number of aromatic nitrogens is 2. The topological polar surface area (TPSA) is 120 Å². The smallest absolute Gasteiger partial charge is 0.261 e. The molecule has 0 atom stereocenters. The SMILES string of the molecule is COc1cc2ncn(CCCC(=O)NCCCN3C(=O)CCC3=O)c(=O)c2cc1OC. The summed E-state index contributed by atoms with van der Waals surface area (Å²) in [5, 5.41) is 3.19. The molecule has 166 valence electrons. The van der Waals surface area contributed by atoms with Crippen molar-refractivity contribution in [1.29, 1.82) is 0 Å². The van der Waals surface area contributed by atoms with Crippen LogP contribution in [0.2, 0.25) is 0 Å². The van der Waals surface area contributed by atoms with Crippen molar-refractivity contribution in [1.82, 2.24) is 19.8 Å². The first-order chi connectivity index (χ1) is 14.9. The Bertz CT molecular complexity index is 1030. The van der Waals surface area contributed by atoms with Crippen molar-refractivity contribution < 1.29 is 23.9 Å². The summed E-state index contributed by atoms with van der Waals surface area (Å²) in [6.07, 6.45) is 3.23. The first-order valence-electron chi connectivity index (χ1n) is 10.2. The van der Waals surface area contributed by atoms with Gasteiger partial charge in [-0.1, -0.05) is 0 Å². The molecule has 0 unspecified atom stereocenters. The first kappa shape index (κ1) is 22.3. The molecule has 10 nitrogen and oxygen atoms in total. The molecule has 2 aromatic rings. The minimum Gasteiger partial charge on any atom is -0.493 e. The molecule has 3 amide bonds. The van der Waals surface area contributed by atoms with Gasteiger partial charge >= 0.3 is 0 Å². The van der Waals surface area contributed by atoms with E-state index in [0.717, 1.165) is 0 Å². The minimum absolute atomic E-state index is 0.146. The summed E-state index contributed by atoms with van der Waals surface area (Å²) in [4.78, 5) is 53.4. The van der Waals surface area contributed by atoms with Crippen LogP contribution in [0.15, 0.2) is 23.3 Å². The number of hydrogen-bond donors (Lipinski definition) is 1.